The van der Waals surface area contributed by atoms with Gasteiger partial charge in [-0.2, -0.15) is 0 Å². The Morgan fingerprint density at radius 3 is 2.62 bits per heavy atom. The SMILES string of the molecule is CNCc1csc(N(C)C(C)C(C)(C)C)n1. The predicted molar refractivity (Wildman–Crippen MR) is 72.2 cm³/mol. The lowest BCUT2D eigenvalue weighted by atomic mass is 9.87. The van der Waals surface area contributed by atoms with Gasteiger partial charge in [-0.15, -0.1) is 11.3 Å². The van der Waals surface area contributed by atoms with Crippen molar-refractivity contribution >= 4 is 16.5 Å². The maximum Gasteiger partial charge on any atom is 0.185 e. The molecule has 0 spiro atoms. The summed E-state index contributed by atoms with van der Waals surface area (Å²) in [6.45, 7) is 9.87. The zero-order chi connectivity index (χ0) is 12.3. The molecular weight excluding hydrogens is 218 g/mol. The lowest BCUT2D eigenvalue weighted by Crippen LogP contribution is -2.39. The largest absolute Gasteiger partial charge is 0.348 e. The number of hydrogen-bond donors (Lipinski definition) is 1. The molecule has 1 heterocycles. The number of thiazole rings is 1. The number of hydrogen-bond acceptors (Lipinski definition) is 4. The molecule has 0 aromatic carbocycles. The van der Waals surface area contributed by atoms with Gasteiger partial charge in [-0.25, -0.2) is 4.98 Å². The molecule has 1 N–H and O–H groups in total. The van der Waals surface area contributed by atoms with Gasteiger partial charge < -0.3 is 10.2 Å². The molecule has 0 radical (unpaired) electrons. The molecule has 0 saturated carbocycles. The van der Waals surface area contributed by atoms with E-state index in [1.54, 1.807) is 11.3 Å². The zero-order valence-corrected chi connectivity index (χ0v) is 12.0. The second-order valence-electron chi connectivity index (χ2n) is 5.30. The van der Waals surface area contributed by atoms with Crippen LogP contribution < -0.4 is 10.2 Å². The van der Waals surface area contributed by atoms with Crippen molar-refractivity contribution in [3.05, 3.63) is 11.1 Å². The zero-order valence-electron chi connectivity index (χ0n) is 11.2. The molecule has 1 unspecified atom stereocenters. The summed E-state index contributed by atoms with van der Waals surface area (Å²) in [6.07, 6.45) is 0. The normalized spacial score (nSPS) is 13.9. The number of nitrogens with one attached hydrogen (secondary N) is 1. The van der Waals surface area contributed by atoms with Crippen molar-refractivity contribution in [2.24, 2.45) is 5.41 Å². The van der Waals surface area contributed by atoms with Crippen LogP contribution in [0.3, 0.4) is 0 Å². The Morgan fingerprint density at radius 2 is 2.12 bits per heavy atom. The summed E-state index contributed by atoms with van der Waals surface area (Å²) in [7, 11) is 4.07. The first-order chi connectivity index (χ1) is 7.36. The van der Waals surface area contributed by atoms with Crippen molar-refractivity contribution in [2.75, 3.05) is 19.0 Å². The summed E-state index contributed by atoms with van der Waals surface area (Å²) in [5.74, 6) is 0. The molecule has 0 aliphatic rings. The van der Waals surface area contributed by atoms with Gasteiger partial charge in [-0.05, 0) is 19.4 Å². The van der Waals surface area contributed by atoms with Gasteiger partial charge in [0.15, 0.2) is 5.13 Å². The van der Waals surface area contributed by atoms with E-state index in [1.165, 1.54) is 0 Å². The molecule has 1 aromatic rings. The third-order valence-electron chi connectivity index (χ3n) is 3.03. The van der Waals surface area contributed by atoms with Crippen molar-refractivity contribution in [1.82, 2.24) is 10.3 Å². The predicted octanol–water partition coefficient (Wildman–Crippen LogP) is 2.73. The van der Waals surface area contributed by atoms with Crippen LogP contribution >= 0.6 is 11.3 Å². The Hall–Kier alpha value is -0.610. The van der Waals surface area contributed by atoms with E-state index in [0.717, 1.165) is 17.4 Å². The molecule has 92 valence electrons. The summed E-state index contributed by atoms with van der Waals surface area (Å²) in [5.41, 5.74) is 1.39. The average Bonchev–Trinajstić information content (AvgIpc) is 2.63. The average molecular weight is 241 g/mol. The van der Waals surface area contributed by atoms with Crippen LogP contribution in [0.2, 0.25) is 0 Å². The molecule has 1 atom stereocenters. The number of nitrogens with zero attached hydrogens (tertiary/aromatic N) is 2. The van der Waals surface area contributed by atoms with Gasteiger partial charge in [0.2, 0.25) is 0 Å². The van der Waals surface area contributed by atoms with Gasteiger partial charge in [0.05, 0.1) is 5.69 Å². The summed E-state index contributed by atoms with van der Waals surface area (Å²) in [5, 5.41) is 6.35. The highest BCUT2D eigenvalue weighted by atomic mass is 32.1. The maximum atomic E-state index is 4.62. The summed E-state index contributed by atoms with van der Waals surface area (Å²) in [6, 6.07) is 0.473. The second-order valence-corrected chi connectivity index (χ2v) is 6.14. The monoisotopic (exact) mass is 241 g/mol. The van der Waals surface area contributed by atoms with E-state index < -0.39 is 0 Å². The van der Waals surface area contributed by atoms with Gasteiger partial charge in [0.25, 0.3) is 0 Å². The standard InChI is InChI=1S/C12H23N3S/c1-9(12(2,3)4)15(6)11-14-10(7-13-5)8-16-11/h8-9,13H,7H2,1-6H3. The van der Waals surface area contributed by atoms with Crippen LogP contribution in [0, 0.1) is 5.41 Å². The van der Waals surface area contributed by atoms with Crippen LogP contribution in [0.5, 0.6) is 0 Å². The van der Waals surface area contributed by atoms with E-state index in [-0.39, 0.29) is 5.41 Å². The van der Waals surface area contributed by atoms with Gasteiger partial charge in [-0.1, -0.05) is 20.8 Å². The second kappa shape index (κ2) is 5.15. The molecule has 0 aliphatic carbocycles. The fourth-order valence-electron chi connectivity index (χ4n) is 1.47. The highest BCUT2D eigenvalue weighted by Gasteiger charge is 2.25. The minimum Gasteiger partial charge on any atom is -0.348 e. The Balaban J connectivity index is 2.76. The lowest BCUT2D eigenvalue weighted by molar-refractivity contribution is 0.329. The highest BCUT2D eigenvalue weighted by Crippen LogP contribution is 2.29. The Morgan fingerprint density at radius 1 is 1.50 bits per heavy atom. The Kier molecular flexibility index (Phi) is 4.33. The number of anilines is 1. The van der Waals surface area contributed by atoms with Gasteiger partial charge in [0.1, 0.15) is 0 Å². The molecule has 0 aliphatic heterocycles. The molecule has 4 heteroatoms. The van der Waals surface area contributed by atoms with E-state index >= 15 is 0 Å². The Labute approximate surface area is 103 Å². The molecule has 0 fully saturated rings. The number of aromatic nitrogens is 1. The van der Waals surface area contributed by atoms with Crippen LogP contribution in [0.15, 0.2) is 5.38 Å². The minimum atomic E-state index is 0.267. The van der Waals surface area contributed by atoms with Crippen molar-refractivity contribution in [3.8, 4) is 0 Å². The summed E-state index contributed by atoms with van der Waals surface area (Å²) in [4.78, 5) is 6.88. The van der Waals surface area contributed by atoms with E-state index in [4.69, 9.17) is 0 Å². The molecule has 1 rings (SSSR count). The molecule has 1 aromatic heterocycles. The molecule has 0 amide bonds. The van der Waals surface area contributed by atoms with E-state index in [9.17, 15) is 0 Å². The van der Waals surface area contributed by atoms with Crippen molar-refractivity contribution in [2.45, 2.75) is 40.3 Å². The van der Waals surface area contributed by atoms with E-state index in [0.29, 0.717) is 6.04 Å². The molecule has 3 nitrogen and oxygen atoms in total. The van der Waals surface area contributed by atoms with Crippen LogP contribution in [-0.2, 0) is 6.54 Å². The highest BCUT2D eigenvalue weighted by molar-refractivity contribution is 7.13. The third kappa shape index (κ3) is 3.19. The first-order valence-corrected chi connectivity index (χ1v) is 6.56. The van der Waals surface area contributed by atoms with Gasteiger partial charge >= 0.3 is 0 Å². The van der Waals surface area contributed by atoms with Crippen molar-refractivity contribution in [3.63, 3.8) is 0 Å². The van der Waals surface area contributed by atoms with Crippen LogP contribution in [0.4, 0.5) is 5.13 Å². The summed E-state index contributed by atoms with van der Waals surface area (Å²) >= 11 is 1.72. The number of rotatable bonds is 4. The van der Waals surface area contributed by atoms with Gasteiger partial charge in [0, 0.05) is 25.0 Å². The van der Waals surface area contributed by atoms with Crippen LogP contribution in [0.25, 0.3) is 0 Å². The first kappa shape index (κ1) is 13.5. The summed E-state index contributed by atoms with van der Waals surface area (Å²) < 4.78 is 0. The quantitative estimate of drug-likeness (QED) is 0.878. The Bertz CT molecular complexity index is 327. The first-order valence-electron chi connectivity index (χ1n) is 5.68. The molecule has 0 saturated heterocycles. The van der Waals surface area contributed by atoms with Crippen molar-refractivity contribution < 1.29 is 0 Å². The fourth-order valence-corrected chi connectivity index (χ4v) is 2.34. The van der Waals surface area contributed by atoms with E-state index in [2.05, 4.69) is 55.3 Å². The topological polar surface area (TPSA) is 28.2 Å². The molecule has 16 heavy (non-hydrogen) atoms. The third-order valence-corrected chi connectivity index (χ3v) is 4.01. The van der Waals surface area contributed by atoms with Gasteiger partial charge in [-0.3, -0.25) is 0 Å². The molecular formula is C12H23N3S. The van der Waals surface area contributed by atoms with E-state index in [1.807, 2.05) is 7.05 Å². The maximum absolute atomic E-state index is 4.62. The molecule has 0 bridgehead atoms. The van der Waals surface area contributed by atoms with Crippen LogP contribution in [0.1, 0.15) is 33.4 Å². The lowest BCUT2D eigenvalue weighted by Gasteiger charge is -2.35. The fraction of sp³-hybridized carbons (Fsp3) is 0.750. The van der Waals surface area contributed by atoms with Crippen LogP contribution in [-0.4, -0.2) is 25.1 Å². The smallest absolute Gasteiger partial charge is 0.185 e. The van der Waals surface area contributed by atoms with Crippen molar-refractivity contribution in [1.29, 1.82) is 0 Å². The minimum absolute atomic E-state index is 0.267.